The Kier molecular flexibility index (Phi) is 3.19. The lowest BCUT2D eigenvalue weighted by Gasteiger charge is -2.18. The zero-order chi connectivity index (χ0) is 12.4. The minimum Gasteiger partial charge on any atom is -0.300 e. The monoisotopic (exact) mass is 258 g/mol. The third-order valence-corrected chi connectivity index (χ3v) is 4.32. The summed E-state index contributed by atoms with van der Waals surface area (Å²) in [7, 11) is 0. The number of rotatable bonds is 2. The minimum absolute atomic E-state index is 0.399. The first-order valence-electron chi connectivity index (χ1n) is 6.20. The van der Waals surface area contributed by atoms with Crippen LogP contribution in [0.5, 0.6) is 0 Å². The van der Waals surface area contributed by atoms with Crippen molar-refractivity contribution in [2.24, 2.45) is 0 Å². The summed E-state index contributed by atoms with van der Waals surface area (Å²) in [6, 6.07) is 3.96. The predicted octanol–water partition coefficient (Wildman–Crippen LogP) is 3.43. The van der Waals surface area contributed by atoms with Gasteiger partial charge in [0.15, 0.2) is 0 Å². The Morgan fingerprint density at radius 2 is 1.89 bits per heavy atom. The van der Waals surface area contributed by atoms with E-state index in [0.717, 1.165) is 29.1 Å². The van der Waals surface area contributed by atoms with E-state index < -0.39 is 0 Å². The van der Waals surface area contributed by atoms with Crippen LogP contribution in [0, 0.1) is 0 Å². The van der Waals surface area contributed by atoms with Crippen LogP contribution in [-0.4, -0.2) is 15.8 Å². The van der Waals surface area contributed by atoms with Gasteiger partial charge in [-0.1, -0.05) is 0 Å². The fraction of sp³-hybridized carbons (Fsp3) is 0.357. The second-order valence-corrected chi connectivity index (χ2v) is 5.48. The molecule has 3 nitrogen and oxygen atoms in total. The molecule has 2 heterocycles. The Balaban J connectivity index is 1.80. The van der Waals surface area contributed by atoms with Crippen LogP contribution >= 0.6 is 11.3 Å². The number of ketones is 1. The summed E-state index contributed by atoms with van der Waals surface area (Å²) in [6.07, 6.45) is 6.92. The molecule has 0 aromatic carbocycles. The molecule has 92 valence electrons. The van der Waals surface area contributed by atoms with Crippen molar-refractivity contribution >= 4 is 17.1 Å². The van der Waals surface area contributed by atoms with E-state index in [-0.39, 0.29) is 0 Å². The quantitative estimate of drug-likeness (QED) is 0.828. The summed E-state index contributed by atoms with van der Waals surface area (Å²) < 4.78 is 0. The number of nitrogens with zero attached hydrogens (tertiary/aromatic N) is 2. The normalized spacial score (nSPS) is 17.0. The fourth-order valence-electron chi connectivity index (χ4n) is 2.34. The van der Waals surface area contributed by atoms with Crippen LogP contribution in [0.4, 0.5) is 0 Å². The molecular weight excluding hydrogens is 244 g/mol. The molecule has 2 aromatic rings. The fourth-order valence-corrected chi connectivity index (χ4v) is 3.24. The summed E-state index contributed by atoms with van der Waals surface area (Å²) in [4.78, 5) is 20.0. The molecule has 0 aliphatic heterocycles. The molecule has 0 bridgehead atoms. The summed E-state index contributed by atoms with van der Waals surface area (Å²) in [5, 5.41) is 3.18. The van der Waals surface area contributed by atoms with Crippen LogP contribution in [0.2, 0.25) is 0 Å². The average Bonchev–Trinajstić information content (AvgIpc) is 2.90. The van der Waals surface area contributed by atoms with Gasteiger partial charge < -0.3 is 0 Å². The zero-order valence-electron chi connectivity index (χ0n) is 10.0. The number of aromatic nitrogens is 2. The number of carbonyl (C=O) groups is 1. The van der Waals surface area contributed by atoms with Crippen molar-refractivity contribution < 1.29 is 4.79 Å². The van der Waals surface area contributed by atoms with Crippen LogP contribution in [-0.2, 0) is 4.79 Å². The molecule has 1 aliphatic carbocycles. The average molecular weight is 258 g/mol. The number of Topliss-reactive ketones (excluding diaryl/α,β-unsaturated/α-hetero) is 1. The van der Waals surface area contributed by atoms with Crippen molar-refractivity contribution in [1.29, 1.82) is 0 Å². The molecular formula is C14H14N2OS. The molecule has 4 heteroatoms. The van der Waals surface area contributed by atoms with E-state index in [9.17, 15) is 4.79 Å². The third-order valence-electron chi connectivity index (χ3n) is 3.41. The first-order valence-corrected chi connectivity index (χ1v) is 7.08. The van der Waals surface area contributed by atoms with Gasteiger partial charge in [0.1, 0.15) is 10.8 Å². The summed E-state index contributed by atoms with van der Waals surface area (Å²) in [6.45, 7) is 0. The van der Waals surface area contributed by atoms with Crippen molar-refractivity contribution in [3.05, 3.63) is 35.6 Å². The predicted molar refractivity (Wildman–Crippen MR) is 71.6 cm³/mol. The van der Waals surface area contributed by atoms with Gasteiger partial charge in [0.2, 0.25) is 0 Å². The maximum atomic E-state index is 11.2. The highest BCUT2D eigenvalue weighted by Crippen LogP contribution is 2.34. The van der Waals surface area contributed by atoms with Crippen molar-refractivity contribution in [2.45, 2.75) is 31.6 Å². The van der Waals surface area contributed by atoms with Gasteiger partial charge in [-0.25, -0.2) is 4.98 Å². The molecule has 3 rings (SSSR count). The van der Waals surface area contributed by atoms with E-state index >= 15 is 0 Å². The van der Waals surface area contributed by atoms with Crippen molar-refractivity contribution in [1.82, 2.24) is 9.97 Å². The van der Waals surface area contributed by atoms with Crippen molar-refractivity contribution in [2.75, 3.05) is 0 Å². The summed E-state index contributed by atoms with van der Waals surface area (Å²) in [5.74, 6) is 0.866. The van der Waals surface area contributed by atoms with Gasteiger partial charge in [0.25, 0.3) is 0 Å². The summed E-state index contributed by atoms with van der Waals surface area (Å²) in [5.41, 5.74) is 2.27. The molecule has 1 aliphatic rings. The molecule has 0 atom stereocenters. The first-order chi connectivity index (χ1) is 8.83. The lowest BCUT2D eigenvalue weighted by atomic mass is 9.87. The standard InChI is InChI=1S/C14H14N2OS/c17-12-3-1-10(2-4-12)13-9-18-14(16-13)11-5-7-15-8-6-11/h5-10H,1-4H2. The second kappa shape index (κ2) is 4.98. The van der Waals surface area contributed by atoms with Crippen LogP contribution in [0.3, 0.4) is 0 Å². The summed E-state index contributed by atoms with van der Waals surface area (Å²) >= 11 is 1.67. The molecule has 0 N–H and O–H groups in total. The second-order valence-electron chi connectivity index (χ2n) is 4.63. The highest BCUT2D eigenvalue weighted by atomic mass is 32.1. The van der Waals surface area contributed by atoms with E-state index in [1.807, 2.05) is 12.1 Å². The molecule has 1 saturated carbocycles. The lowest BCUT2D eigenvalue weighted by Crippen LogP contribution is -2.12. The van der Waals surface area contributed by atoms with Gasteiger partial charge in [0, 0.05) is 42.1 Å². The lowest BCUT2D eigenvalue weighted by molar-refractivity contribution is -0.120. The minimum atomic E-state index is 0.399. The third kappa shape index (κ3) is 2.34. The highest BCUT2D eigenvalue weighted by molar-refractivity contribution is 7.13. The number of pyridine rings is 1. The molecule has 0 amide bonds. The smallest absolute Gasteiger partial charge is 0.132 e. The van der Waals surface area contributed by atoms with Crippen molar-refractivity contribution in [3.63, 3.8) is 0 Å². The van der Waals surface area contributed by atoms with Gasteiger partial charge >= 0.3 is 0 Å². The number of carbonyl (C=O) groups excluding carboxylic acids is 1. The number of hydrogen-bond donors (Lipinski definition) is 0. The van der Waals surface area contributed by atoms with Gasteiger partial charge in [-0.15, -0.1) is 11.3 Å². The largest absolute Gasteiger partial charge is 0.300 e. The highest BCUT2D eigenvalue weighted by Gasteiger charge is 2.22. The Bertz CT molecular complexity index is 540. The van der Waals surface area contributed by atoms with Gasteiger partial charge in [-0.2, -0.15) is 0 Å². The Labute approximate surface area is 110 Å². The van der Waals surface area contributed by atoms with Crippen LogP contribution in [0.25, 0.3) is 10.6 Å². The van der Waals surface area contributed by atoms with Gasteiger partial charge in [-0.3, -0.25) is 9.78 Å². The maximum Gasteiger partial charge on any atom is 0.132 e. The molecule has 2 aromatic heterocycles. The van der Waals surface area contributed by atoms with E-state index in [1.54, 1.807) is 23.7 Å². The topological polar surface area (TPSA) is 42.9 Å². The Hall–Kier alpha value is -1.55. The van der Waals surface area contributed by atoms with Gasteiger partial charge in [-0.05, 0) is 25.0 Å². The molecule has 0 radical (unpaired) electrons. The zero-order valence-corrected chi connectivity index (χ0v) is 10.8. The Morgan fingerprint density at radius 1 is 1.17 bits per heavy atom. The van der Waals surface area contributed by atoms with Gasteiger partial charge in [0.05, 0.1) is 5.69 Å². The van der Waals surface area contributed by atoms with Crippen molar-refractivity contribution in [3.8, 4) is 10.6 Å². The maximum absolute atomic E-state index is 11.2. The van der Waals surface area contributed by atoms with E-state index in [0.29, 0.717) is 24.5 Å². The SMILES string of the molecule is O=C1CCC(c2csc(-c3ccncc3)n2)CC1. The molecule has 0 saturated heterocycles. The number of thiazole rings is 1. The molecule has 1 fully saturated rings. The van der Waals surface area contributed by atoms with Crippen LogP contribution in [0.15, 0.2) is 29.9 Å². The number of hydrogen-bond acceptors (Lipinski definition) is 4. The van der Waals surface area contributed by atoms with E-state index in [2.05, 4.69) is 10.4 Å². The molecule has 0 spiro atoms. The van der Waals surface area contributed by atoms with Crippen LogP contribution in [0.1, 0.15) is 37.3 Å². The van der Waals surface area contributed by atoms with Crippen LogP contribution < -0.4 is 0 Å². The van der Waals surface area contributed by atoms with E-state index in [1.165, 1.54) is 0 Å². The molecule has 0 unspecified atom stereocenters. The first kappa shape index (κ1) is 11.5. The van der Waals surface area contributed by atoms with E-state index in [4.69, 9.17) is 4.98 Å². The Morgan fingerprint density at radius 3 is 2.61 bits per heavy atom. The molecule has 18 heavy (non-hydrogen) atoms.